The van der Waals surface area contributed by atoms with Gasteiger partial charge < -0.3 is 24.3 Å². The summed E-state index contributed by atoms with van der Waals surface area (Å²) in [6, 6.07) is 12.2. The highest BCUT2D eigenvalue weighted by molar-refractivity contribution is 6.33. The number of benzene rings is 2. The van der Waals surface area contributed by atoms with Crippen LogP contribution < -0.4 is 14.9 Å². The Morgan fingerprint density at radius 3 is 2.56 bits per heavy atom. The third-order valence-corrected chi connectivity index (χ3v) is 5.91. The molecule has 1 aromatic heterocycles. The molecular weight excluding hydrogens is 434 g/mol. The van der Waals surface area contributed by atoms with Crippen molar-refractivity contribution in [3.8, 4) is 17.0 Å². The zero-order chi connectivity index (χ0) is 22.8. The van der Waals surface area contributed by atoms with Crippen molar-refractivity contribution in [3.05, 3.63) is 64.7 Å². The van der Waals surface area contributed by atoms with Crippen LogP contribution in [0.1, 0.15) is 10.5 Å². The van der Waals surface area contributed by atoms with Crippen molar-refractivity contribution in [2.75, 3.05) is 38.2 Å². The van der Waals surface area contributed by atoms with Crippen molar-refractivity contribution < 1.29 is 20.0 Å². The summed E-state index contributed by atoms with van der Waals surface area (Å²) in [5.41, 5.74) is 2.77. The second-order valence-corrected chi connectivity index (χ2v) is 7.91. The van der Waals surface area contributed by atoms with Gasteiger partial charge in [-0.1, -0.05) is 23.7 Å². The molecule has 0 bridgehead atoms. The van der Waals surface area contributed by atoms with E-state index in [1.807, 2.05) is 24.3 Å². The normalized spacial score (nSPS) is 15.0. The number of carbonyl (C=O) groups excluding carboxylic acids is 1. The van der Waals surface area contributed by atoms with Gasteiger partial charge in [0.15, 0.2) is 5.69 Å². The molecular formula is C22H24ClN5O4. The molecule has 1 saturated heterocycles. The minimum Gasteiger partial charge on any atom is -0.595 e. The molecule has 0 radical (unpaired) electrons. The molecule has 0 saturated carbocycles. The van der Waals surface area contributed by atoms with Gasteiger partial charge in [0.1, 0.15) is 17.1 Å². The predicted molar refractivity (Wildman–Crippen MR) is 121 cm³/mol. The highest BCUT2D eigenvalue weighted by atomic mass is 35.5. The Kier molecular flexibility index (Phi) is 6.33. The van der Waals surface area contributed by atoms with Gasteiger partial charge in [0, 0.05) is 50.9 Å². The first kappa shape index (κ1) is 22.1. The maximum atomic E-state index is 13.4. The van der Waals surface area contributed by atoms with Gasteiger partial charge in [0.05, 0.1) is 24.1 Å². The molecule has 4 rings (SSSR count). The number of halogens is 1. The molecule has 1 atom stereocenters. The number of piperazine rings is 1. The van der Waals surface area contributed by atoms with Crippen LogP contribution in [0.25, 0.3) is 11.3 Å². The number of carbonyl (C=O) groups is 1. The molecule has 10 heteroatoms. The maximum absolute atomic E-state index is 13.4. The summed E-state index contributed by atoms with van der Waals surface area (Å²) in [6.45, 7) is 2.18. The number of anilines is 1. The standard InChI is InChI=1S/C22H24ClN5O4/c1-25-14-24-20(16-5-3-4-6-19(16)32-2)21(25)22(29)27-11-9-26(10-12-27)18-8-7-15(28(30)31)13-17(18)23/h3-8,13-14,28,30H,9-12H2,1-2H3. The van der Waals surface area contributed by atoms with Gasteiger partial charge in [-0.3, -0.25) is 4.79 Å². The van der Waals surface area contributed by atoms with E-state index in [9.17, 15) is 10.0 Å². The lowest BCUT2D eigenvalue weighted by Gasteiger charge is -2.36. The van der Waals surface area contributed by atoms with E-state index in [1.54, 1.807) is 36.0 Å². The summed E-state index contributed by atoms with van der Waals surface area (Å²) in [5, 5.41) is 19.6. The highest BCUT2D eigenvalue weighted by Gasteiger charge is 2.28. The Balaban J connectivity index is 1.52. The van der Waals surface area contributed by atoms with Crippen LogP contribution in [-0.2, 0) is 7.05 Å². The van der Waals surface area contributed by atoms with E-state index >= 15 is 0 Å². The van der Waals surface area contributed by atoms with Crippen molar-refractivity contribution in [2.45, 2.75) is 0 Å². The molecule has 2 N–H and O–H groups in total. The van der Waals surface area contributed by atoms with Crippen LogP contribution >= 0.6 is 11.6 Å². The number of hydrogen-bond acceptors (Lipinski definition) is 6. The number of nitrogens with one attached hydrogen (secondary N) is 1. The average Bonchev–Trinajstić information content (AvgIpc) is 3.19. The topological polar surface area (TPSA) is 98.3 Å². The van der Waals surface area contributed by atoms with Crippen molar-refractivity contribution in [2.24, 2.45) is 7.05 Å². The number of amides is 1. The second kappa shape index (κ2) is 9.17. The number of para-hydroxylation sites is 1. The summed E-state index contributed by atoms with van der Waals surface area (Å²) < 4.78 is 7.19. The fourth-order valence-electron chi connectivity index (χ4n) is 3.92. The molecule has 0 aliphatic carbocycles. The van der Waals surface area contributed by atoms with E-state index in [-0.39, 0.29) is 11.6 Å². The summed E-state index contributed by atoms with van der Waals surface area (Å²) in [5.74, 6) is 0.558. The molecule has 1 aliphatic heterocycles. The quantitative estimate of drug-likeness (QED) is 0.569. The Hall–Kier alpha value is -3.11. The maximum Gasteiger partial charge on any atom is 0.272 e. The molecule has 0 spiro atoms. The Bertz CT molecular complexity index is 1130. The molecule has 1 unspecified atom stereocenters. The van der Waals surface area contributed by atoms with Gasteiger partial charge in [0.2, 0.25) is 0 Å². The number of imidazole rings is 1. The number of rotatable bonds is 5. The number of methoxy groups -OCH3 is 1. The van der Waals surface area contributed by atoms with Crippen molar-refractivity contribution >= 4 is 28.9 Å². The summed E-state index contributed by atoms with van der Waals surface area (Å²) >= 11 is 6.32. The van der Waals surface area contributed by atoms with Gasteiger partial charge in [-0.25, -0.2) is 10.2 Å². The van der Waals surface area contributed by atoms with Crippen LogP contribution in [0.3, 0.4) is 0 Å². The Morgan fingerprint density at radius 2 is 1.91 bits per heavy atom. The number of quaternary nitrogens is 1. The zero-order valence-corrected chi connectivity index (χ0v) is 18.5. The smallest absolute Gasteiger partial charge is 0.272 e. The monoisotopic (exact) mass is 457 g/mol. The van der Waals surface area contributed by atoms with E-state index in [0.717, 1.165) is 11.3 Å². The first-order valence-corrected chi connectivity index (χ1v) is 10.5. The molecule has 1 aliphatic rings. The summed E-state index contributed by atoms with van der Waals surface area (Å²) in [6.07, 6.45) is 1.63. The minimum absolute atomic E-state index is 0.0992. The fourth-order valence-corrected chi connectivity index (χ4v) is 4.22. The molecule has 168 valence electrons. The van der Waals surface area contributed by atoms with Crippen LogP contribution in [0.4, 0.5) is 11.4 Å². The van der Waals surface area contributed by atoms with Crippen LogP contribution in [-0.4, -0.2) is 58.9 Å². The van der Waals surface area contributed by atoms with Crippen LogP contribution in [0.5, 0.6) is 5.75 Å². The lowest BCUT2D eigenvalue weighted by Crippen LogP contribution is -2.99. The Labute approximate surface area is 190 Å². The number of aryl methyl sites for hydroxylation is 1. The lowest BCUT2D eigenvalue weighted by atomic mass is 10.1. The molecule has 2 heterocycles. The van der Waals surface area contributed by atoms with Gasteiger partial charge in [-0.2, -0.15) is 5.23 Å². The van der Waals surface area contributed by atoms with E-state index in [2.05, 4.69) is 9.88 Å². The van der Waals surface area contributed by atoms with E-state index in [4.69, 9.17) is 21.5 Å². The molecule has 32 heavy (non-hydrogen) atoms. The van der Waals surface area contributed by atoms with Gasteiger partial charge in [-0.15, -0.1) is 0 Å². The fraction of sp³-hybridized carbons (Fsp3) is 0.273. The molecule has 1 amide bonds. The molecule has 1 fully saturated rings. The van der Waals surface area contributed by atoms with Gasteiger partial charge in [0.25, 0.3) is 5.91 Å². The predicted octanol–water partition coefficient (Wildman–Crippen LogP) is 2.11. The van der Waals surface area contributed by atoms with Crippen LogP contribution in [0.2, 0.25) is 5.02 Å². The SMILES string of the molecule is COc1ccccc1-c1ncn(C)c1C(=O)N1CCN(c2ccc([NH+]([O-])O)cc2Cl)CC1. The molecule has 9 nitrogen and oxygen atoms in total. The van der Waals surface area contributed by atoms with E-state index in [1.165, 1.54) is 12.1 Å². The first-order chi connectivity index (χ1) is 15.4. The summed E-state index contributed by atoms with van der Waals surface area (Å²) in [7, 11) is 3.40. The van der Waals surface area contributed by atoms with Crippen molar-refractivity contribution in [1.82, 2.24) is 14.5 Å². The minimum atomic E-state index is -1.02. The van der Waals surface area contributed by atoms with Crippen LogP contribution in [0, 0.1) is 5.21 Å². The van der Waals surface area contributed by atoms with E-state index < -0.39 is 5.23 Å². The van der Waals surface area contributed by atoms with E-state index in [0.29, 0.717) is 48.3 Å². The second-order valence-electron chi connectivity index (χ2n) is 7.50. The number of nitrogens with zero attached hydrogens (tertiary/aromatic N) is 4. The largest absolute Gasteiger partial charge is 0.595 e. The zero-order valence-electron chi connectivity index (χ0n) is 17.8. The number of ether oxygens (including phenoxy) is 1. The number of aromatic nitrogens is 2. The highest BCUT2D eigenvalue weighted by Crippen LogP contribution is 2.32. The third-order valence-electron chi connectivity index (χ3n) is 5.60. The lowest BCUT2D eigenvalue weighted by molar-refractivity contribution is -0.991. The molecule has 2 aromatic carbocycles. The average molecular weight is 458 g/mol. The first-order valence-electron chi connectivity index (χ1n) is 10.1. The Morgan fingerprint density at radius 1 is 1.19 bits per heavy atom. The van der Waals surface area contributed by atoms with Crippen LogP contribution in [0.15, 0.2) is 48.8 Å². The van der Waals surface area contributed by atoms with Gasteiger partial charge >= 0.3 is 0 Å². The molecule has 3 aromatic rings. The third kappa shape index (κ3) is 4.15. The summed E-state index contributed by atoms with van der Waals surface area (Å²) in [4.78, 5) is 21.7. The van der Waals surface area contributed by atoms with Gasteiger partial charge in [-0.05, 0) is 18.2 Å². The van der Waals surface area contributed by atoms with Crippen molar-refractivity contribution in [1.29, 1.82) is 0 Å². The van der Waals surface area contributed by atoms with Crippen molar-refractivity contribution in [3.63, 3.8) is 0 Å². The number of hydrogen-bond donors (Lipinski definition) is 2.